The van der Waals surface area contributed by atoms with Crippen LogP contribution in [0.25, 0.3) is 0 Å². The van der Waals surface area contributed by atoms with E-state index < -0.39 is 32.5 Å². The minimum atomic E-state index is -4.23. The van der Waals surface area contributed by atoms with Crippen molar-refractivity contribution >= 4 is 77.8 Å². The summed E-state index contributed by atoms with van der Waals surface area (Å²) in [5.41, 5.74) is 2.23. The number of rotatable bonds is 9. The second kappa shape index (κ2) is 12.3. The van der Waals surface area contributed by atoms with Crippen molar-refractivity contribution in [3.05, 3.63) is 111 Å². The monoisotopic (exact) mass is 651 g/mol. The molecule has 214 valence electrons. The first-order chi connectivity index (χ1) is 19.3. The molecular formula is C28H24Cl3N3O5S2. The van der Waals surface area contributed by atoms with Crippen molar-refractivity contribution < 1.29 is 21.6 Å². The molecular weight excluding hydrogens is 629 g/mol. The maximum atomic E-state index is 13.6. The highest BCUT2D eigenvalue weighted by atomic mass is 35.5. The van der Waals surface area contributed by atoms with Crippen molar-refractivity contribution in [1.29, 1.82) is 0 Å². The van der Waals surface area contributed by atoms with Gasteiger partial charge < -0.3 is 5.32 Å². The lowest BCUT2D eigenvalue weighted by atomic mass is 10.2. The van der Waals surface area contributed by atoms with Crippen molar-refractivity contribution in [2.75, 3.05) is 20.9 Å². The van der Waals surface area contributed by atoms with Crippen LogP contribution in [0.2, 0.25) is 15.1 Å². The molecule has 0 bridgehead atoms. The summed E-state index contributed by atoms with van der Waals surface area (Å²) in [6.07, 6.45) is 0. The van der Waals surface area contributed by atoms with Gasteiger partial charge in [0.25, 0.3) is 20.0 Å². The van der Waals surface area contributed by atoms with Gasteiger partial charge in [-0.15, -0.1) is 0 Å². The number of nitrogens with zero attached hydrogens (tertiary/aromatic N) is 1. The highest BCUT2D eigenvalue weighted by molar-refractivity contribution is 7.93. The summed E-state index contributed by atoms with van der Waals surface area (Å²) >= 11 is 18.5. The second-order valence-electron chi connectivity index (χ2n) is 9.06. The minimum Gasteiger partial charge on any atom is -0.325 e. The van der Waals surface area contributed by atoms with Gasteiger partial charge >= 0.3 is 0 Å². The molecule has 0 radical (unpaired) electrons. The molecule has 0 unspecified atom stereocenters. The second-order valence-corrected chi connectivity index (χ2v) is 13.9. The average Bonchev–Trinajstić information content (AvgIpc) is 2.91. The number of sulfonamides is 2. The van der Waals surface area contributed by atoms with Gasteiger partial charge in [0.05, 0.1) is 26.2 Å². The third kappa shape index (κ3) is 7.33. The van der Waals surface area contributed by atoms with Gasteiger partial charge in [-0.05, 0) is 86.1 Å². The smallest absolute Gasteiger partial charge is 0.264 e. The standard InChI is InChI=1S/C28H24Cl3N3O5S2/c1-18-3-10-24(11-4-18)41(38,39)34(27-15-20(29)6-14-25(27)30)17-28(35)32-21-8-12-23(13-9-21)40(36,37)33-22-7-5-19(2)26(31)16-22/h3-16,33H,17H2,1-2H3,(H,32,35). The molecule has 0 saturated heterocycles. The fraction of sp³-hybridized carbons (Fsp3) is 0.107. The van der Waals surface area contributed by atoms with E-state index >= 15 is 0 Å². The Morgan fingerprint density at radius 2 is 1.34 bits per heavy atom. The van der Waals surface area contributed by atoms with E-state index in [4.69, 9.17) is 34.8 Å². The normalized spacial score (nSPS) is 11.6. The maximum absolute atomic E-state index is 13.6. The summed E-state index contributed by atoms with van der Waals surface area (Å²) in [5.74, 6) is -0.695. The number of aryl methyl sites for hydroxylation is 2. The van der Waals surface area contributed by atoms with Crippen molar-refractivity contribution in [3.63, 3.8) is 0 Å². The Kier molecular flexibility index (Phi) is 9.20. The molecule has 13 heteroatoms. The topological polar surface area (TPSA) is 113 Å². The van der Waals surface area contributed by atoms with Gasteiger partial charge in [0.2, 0.25) is 5.91 Å². The zero-order chi connectivity index (χ0) is 29.9. The van der Waals surface area contributed by atoms with E-state index in [9.17, 15) is 21.6 Å². The van der Waals surface area contributed by atoms with Gasteiger partial charge in [0.1, 0.15) is 6.54 Å². The molecule has 4 rings (SSSR count). The molecule has 2 N–H and O–H groups in total. The van der Waals surface area contributed by atoms with Gasteiger partial charge in [-0.1, -0.05) is 58.6 Å². The summed E-state index contributed by atoms with van der Waals surface area (Å²) in [4.78, 5) is 13.0. The predicted octanol–water partition coefficient (Wildman–Crippen LogP) is 6.90. The molecule has 0 atom stereocenters. The van der Waals surface area contributed by atoms with Crippen LogP contribution in [0.3, 0.4) is 0 Å². The Balaban J connectivity index is 1.55. The first kappa shape index (κ1) is 30.7. The summed E-state index contributed by atoms with van der Waals surface area (Å²) in [6, 6.07) is 20.6. The van der Waals surface area contributed by atoms with E-state index in [0.29, 0.717) is 10.7 Å². The number of nitrogens with one attached hydrogen (secondary N) is 2. The van der Waals surface area contributed by atoms with Crippen molar-refractivity contribution in [1.82, 2.24) is 0 Å². The van der Waals surface area contributed by atoms with Crippen LogP contribution in [0.4, 0.5) is 17.1 Å². The SMILES string of the molecule is Cc1ccc(S(=O)(=O)N(CC(=O)Nc2ccc(S(=O)(=O)Nc3ccc(C)c(Cl)c3)cc2)c2cc(Cl)ccc2Cl)cc1. The molecule has 0 saturated carbocycles. The van der Waals surface area contributed by atoms with E-state index in [1.54, 1.807) is 31.2 Å². The van der Waals surface area contributed by atoms with Gasteiger partial charge in [-0.2, -0.15) is 0 Å². The van der Waals surface area contributed by atoms with E-state index in [1.165, 1.54) is 60.7 Å². The molecule has 0 aliphatic heterocycles. The lowest BCUT2D eigenvalue weighted by Crippen LogP contribution is -2.38. The van der Waals surface area contributed by atoms with Crippen molar-refractivity contribution in [2.45, 2.75) is 23.6 Å². The predicted molar refractivity (Wildman–Crippen MR) is 164 cm³/mol. The first-order valence-electron chi connectivity index (χ1n) is 12.0. The number of anilines is 3. The zero-order valence-electron chi connectivity index (χ0n) is 21.7. The number of benzene rings is 4. The Labute approximate surface area is 254 Å². The Hall–Kier alpha value is -3.28. The molecule has 0 spiro atoms. The Bertz CT molecular complexity index is 1810. The molecule has 4 aromatic carbocycles. The summed E-state index contributed by atoms with van der Waals surface area (Å²) < 4.78 is 56.2. The maximum Gasteiger partial charge on any atom is 0.264 e. The van der Waals surface area contributed by atoms with E-state index in [2.05, 4.69) is 10.0 Å². The van der Waals surface area contributed by atoms with Crippen LogP contribution < -0.4 is 14.3 Å². The third-order valence-corrected chi connectivity index (χ3v) is 10.1. The van der Waals surface area contributed by atoms with E-state index in [1.807, 2.05) is 6.92 Å². The van der Waals surface area contributed by atoms with Gasteiger partial charge in [0.15, 0.2) is 0 Å². The summed E-state index contributed by atoms with van der Waals surface area (Å²) in [6.45, 7) is 2.99. The fourth-order valence-corrected chi connectivity index (χ4v) is 6.83. The van der Waals surface area contributed by atoms with Crippen LogP contribution in [-0.2, 0) is 24.8 Å². The number of hydrogen-bond donors (Lipinski definition) is 2. The highest BCUT2D eigenvalue weighted by Gasteiger charge is 2.29. The van der Waals surface area contributed by atoms with Gasteiger partial charge in [-0.25, -0.2) is 16.8 Å². The molecule has 0 fully saturated rings. The third-order valence-electron chi connectivity index (χ3n) is 5.95. The van der Waals surface area contributed by atoms with Crippen LogP contribution in [-0.4, -0.2) is 29.3 Å². The Morgan fingerprint density at radius 1 is 0.732 bits per heavy atom. The average molecular weight is 653 g/mol. The molecule has 0 aliphatic carbocycles. The van der Waals surface area contributed by atoms with Crippen LogP contribution in [0.15, 0.2) is 94.7 Å². The summed E-state index contributed by atoms with van der Waals surface area (Å²) in [7, 11) is -8.17. The summed E-state index contributed by atoms with van der Waals surface area (Å²) in [5, 5.41) is 3.32. The van der Waals surface area contributed by atoms with Crippen molar-refractivity contribution in [2.24, 2.45) is 0 Å². The van der Waals surface area contributed by atoms with Crippen LogP contribution in [0.5, 0.6) is 0 Å². The largest absolute Gasteiger partial charge is 0.325 e. The Morgan fingerprint density at radius 3 is 1.98 bits per heavy atom. The number of hydrogen-bond acceptors (Lipinski definition) is 5. The molecule has 0 heterocycles. The molecule has 0 aromatic heterocycles. The number of carbonyl (C=O) groups excluding carboxylic acids is 1. The van der Waals surface area contributed by atoms with Gasteiger partial charge in [0, 0.05) is 15.7 Å². The number of carbonyl (C=O) groups is 1. The van der Waals surface area contributed by atoms with E-state index in [0.717, 1.165) is 15.4 Å². The van der Waals surface area contributed by atoms with Crippen LogP contribution >= 0.6 is 34.8 Å². The van der Waals surface area contributed by atoms with E-state index in [-0.39, 0.29) is 31.2 Å². The molecule has 1 amide bonds. The molecule has 4 aromatic rings. The van der Waals surface area contributed by atoms with Gasteiger partial charge in [-0.3, -0.25) is 13.8 Å². The number of amides is 1. The van der Waals surface area contributed by atoms with Crippen LogP contribution in [0.1, 0.15) is 11.1 Å². The fourth-order valence-electron chi connectivity index (χ4n) is 3.73. The highest BCUT2D eigenvalue weighted by Crippen LogP contribution is 2.33. The lowest BCUT2D eigenvalue weighted by Gasteiger charge is -2.25. The minimum absolute atomic E-state index is 0.0265. The lowest BCUT2D eigenvalue weighted by molar-refractivity contribution is -0.114. The van der Waals surface area contributed by atoms with Crippen molar-refractivity contribution in [3.8, 4) is 0 Å². The first-order valence-corrected chi connectivity index (χ1v) is 16.1. The zero-order valence-corrected chi connectivity index (χ0v) is 25.6. The number of halogens is 3. The molecule has 8 nitrogen and oxygen atoms in total. The molecule has 0 aliphatic rings. The quantitative estimate of drug-likeness (QED) is 0.204. The molecule has 41 heavy (non-hydrogen) atoms. The van der Waals surface area contributed by atoms with Crippen LogP contribution in [0, 0.1) is 13.8 Å².